The molecule has 1 aliphatic carbocycles. The highest BCUT2D eigenvalue weighted by Gasteiger charge is 2.50. The maximum absolute atomic E-state index is 12.9. The van der Waals surface area contributed by atoms with Crippen LogP contribution in [0.1, 0.15) is 16.7 Å². The first kappa shape index (κ1) is 22.8. The molecule has 2 N–H and O–H groups in total. The van der Waals surface area contributed by atoms with E-state index in [2.05, 4.69) is 26.6 Å². The Bertz CT molecular complexity index is 980. The van der Waals surface area contributed by atoms with E-state index in [9.17, 15) is 14.4 Å². The number of halogens is 1. The lowest BCUT2D eigenvalue weighted by Gasteiger charge is -2.37. The predicted molar refractivity (Wildman–Crippen MR) is 121 cm³/mol. The van der Waals surface area contributed by atoms with Crippen molar-refractivity contribution < 1.29 is 19.1 Å². The lowest BCUT2D eigenvalue weighted by molar-refractivity contribution is -0.141. The predicted octanol–water partition coefficient (Wildman–Crippen LogP) is 1.86. The lowest BCUT2D eigenvalue weighted by Crippen LogP contribution is -2.70. The molecule has 2 aliphatic rings. The monoisotopic (exact) mass is 487 g/mol. The van der Waals surface area contributed by atoms with Gasteiger partial charge in [0.25, 0.3) is 0 Å². The number of rotatable bonds is 4. The number of nitrogens with one attached hydrogen (secondary N) is 2. The number of amides is 3. The van der Waals surface area contributed by atoms with Crippen LogP contribution in [0.4, 0.5) is 0 Å². The van der Waals surface area contributed by atoms with Crippen LogP contribution in [-0.4, -0.2) is 55.9 Å². The smallest absolute Gasteiger partial charge is 0.247 e. The van der Waals surface area contributed by atoms with Crippen molar-refractivity contribution in [2.24, 2.45) is 0 Å². The first-order chi connectivity index (χ1) is 14.8. The number of benzene rings is 2. The molecule has 164 valence electrons. The van der Waals surface area contributed by atoms with Crippen LogP contribution in [0.3, 0.4) is 0 Å². The van der Waals surface area contributed by atoms with Gasteiger partial charge in [-0.2, -0.15) is 0 Å². The molecule has 7 nitrogen and oxygen atoms in total. The number of nitrogens with zero attached hydrogens (tertiary/aromatic N) is 1. The molecule has 0 saturated carbocycles. The van der Waals surface area contributed by atoms with Gasteiger partial charge in [0.1, 0.15) is 17.3 Å². The van der Waals surface area contributed by atoms with E-state index in [0.29, 0.717) is 19.3 Å². The summed E-state index contributed by atoms with van der Waals surface area (Å²) in [5.74, 6) is 0.474. The van der Waals surface area contributed by atoms with Crippen molar-refractivity contribution in [3.63, 3.8) is 0 Å². The van der Waals surface area contributed by atoms with Gasteiger partial charge in [-0.15, -0.1) is 0 Å². The van der Waals surface area contributed by atoms with Crippen LogP contribution in [0.15, 0.2) is 46.9 Å². The lowest BCUT2D eigenvalue weighted by atomic mass is 9.89. The molecule has 0 aromatic heterocycles. The average molecular weight is 488 g/mol. The molecule has 31 heavy (non-hydrogen) atoms. The zero-order valence-corrected chi connectivity index (χ0v) is 19.4. The van der Waals surface area contributed by atoms with Crippen molar-refractivity contribution in [1.29, 1.82) is 0 Å². The van der Waals surface area contributed by atoms with Gasteiger partial charge in [0.05, 0.1) is 11.6 Å². The Kier molecular flexibility index (Phi) is 7.00. The second-order valence-corrected chi connectivity index (χ2v) is 8.82. The number of fused-ring (bicyclic) bond motifs is 1. The van der Waals surface area contributed by atoms with Crippen LogP contribution in [0.25, 0.3) is 0 Å². The molecule has 3 amide bonds. The maximum Gasteiger partial charge on any atom is 0.247 e. The van der Waals surface area contributed by atoms with E-state index in [4.69, 9.17) is 4.74 Å². The maximum atomic E-state index is 12.9. The highest BCUT2D eigenvalue weighted by atomic mass is 79.9. The third-order valence-electron chi connectivity index (χ3n) is 5.37. The van der Waals surface area contributed by atoms with E-state index in [1.807, 2.05) is 42.5 Å². The summed E-state index contributed by atoms with van der Waals surface area (Å²) >= 11 is 3.48. The minimum atomic E-state index is -0.904. The highest BCUT2D eigenvalue weighted by molar-refractivity contribution is 9.10. The number of piperazine rings is 1. The van der Waals surface area contributed by atoms with Gasteiger partial charge in [0.2, 0.25) is 18.2 Å². The summed E-state index contributed by atoms with van der Waals surface area (Å²) < 4.78 is 6.19. The fourth-order valence-electron chi connectivity index (χ4n) is 3.82. The third-order valence-corrected chi connectivity index (χ3v) is 5.99. The molecule has 2 aromatic carbocycles. The molecule has 1 saturated heterocycles. The van der Waals surface area contributed by atoms with Gasteiger partial charge in [-0.3, -0.25) is 14.4 Å². The van der Waals surface area contributed by atoms with E-state index in [1.54, 1.807) is 21.2 Å². The molecule has 1 fully saturated rings. The fraction of sp³-hybridized carbons (Fsp3) is 0.348. The Morgan fingerprint density at radius 2 is 1.77 bits per heavy atom. The minimum absolute atomic E-state index is 0.121. The van der Waals surface area contributed by atoms with Crippen molar-refractivity contribution in [2.45, 2.75) is 30.8 Å². The summed E-state index contributed by atoms with van der Waals surface area (Å²) in [4.78, 5) is 36.5. The topological polar surface area (TPSA) is 87.7 Å². The molecular weight excluding hydrogens is 462 g/mol. The van der Waals surface area contributed by atoms with E-state index >= 15 is 0 Å². The van der Waals surface area contributed by atoms with Crippen molar-refractivity contribution >= 4 is 34.2 Å². The Morgan fingerprint density at radius 3 is 2.35 bits per heavy atom. The van der Waals surface area contributed by atoms with Crippen molar-refractivity contribution in [2.75, 3.05) is 21.2 Å². The van der Waals surface area contributed by atoms with Gasteiger partial charge in [0, 0.05) is 33.4 Å². The molecule has 2 aromatic rings. The summed E-state index contributed by atoms with van der Waals surface area (Å²) in [5.41, 5.74) is 2.20. The Hall–Kier alpha value is -2.87. The van der Waals surface area contributed by atoms with E-state index in [0.717, 1.165) is 33.3 Å². The Balaban J connectivity index is 0.000000491. The van der Waals surface area contributed by atoms with Crippen LogP contribution in [0.5, 0.6) is 5.75 Å². The third kappa shape index (κ3) is 5.07. The van der Waals surface area contributed by atoms with E-state index in [-0.39, 0.29) is 11.8 Å². The first-order valence-electron chi connectivity index (χ1n) is 9.92. The van der Waals surface area contributed by atoms with Crippen LogP contribution in [0.2, 0.25) is 0 Å². The number of hydrogen-bond acceptors (Lipinski definition) is 4. The number of methoxy groups -OCH3 is 1. The Labute approximate surface area is 190 Å². The number of hydrogen-bond donors (Lipinski definition) is 2. The van der Waals surface area contributed by atoms with Crippen LogP contribution >= 0.6 is 15.9 Å². The molecular formula is C23H26BrN3O4. The SMILES string of the molecule is CN(C)C=O.COc1cc2c(cc1Br)C[C@@]1(C2)NC(=O)[C@H](Cc2ccccc2)NC1=O. The summed E-state index contributed by atoms with van der Waals surface area (Å²) in [7, 11) is 4.99. The minimum Gasteiger partial charge on any atom is -0.496 e. The molecule has 1 heterocycles. The highest BCUT2D eigenvalue weighted by Crippen LogP contribution is 2.38. The van der Waals surface area contributed by atoms with Crippen LogP contribution in [0, 0.1) is 0 Å². The summed E-state index contributed by atoms with van der Waals surface area (Å²) in [6.45, 7) is 0. The summed E-state index contributed by atoms with van der Waals surface area (Å²) in [6.07, 6.45) is 2.20. The molecule has 0 radical (unpaired) electrons. The van der Waals surface area contributed by atoms with Gasteiger partial charge in [-0.1, -0.05) is 30.3 Å². The number of carbonyl (C=O) groups is 3. The summed E-state index contributed by atoms with van der Waals surface area (Å²) in [5, 5.41) is 5.94. The molecule has 1 spiro atoms. The van der Waals surface area contributed by atoms with E-state index in [1.165, 1.54) is 4.90 Å². The largest absolute Gasteiger partial charge is 0.496 e. The molecule has 1 aliphatic heterocycles. The van der Waals surface area contributed by atoms with Gasteiger partial charge < -0.3 is 20.3 Å². The molecule has 0 bridgehead atoms. The number of carbonyl (C=O) groups excluding carboxylic acids is 3. The van der Waals surface area contributed by atoms with Gasteiger partial charge in [0.15, 0.2) is 0 Å². The van der Waals surface area contributed by atoms with Gasteiger partial charge in [-0.25, -0.2) is 0 Å². The second kappa shape index (κ2) is 9.51. The van der Waals surface area contributed by atoms with Gasteiger partial charge >= 0.3 is 0 Å². The molecule has 0 unspecified atom stereocenters. The quantitative estimate of drug-likeness (QED) is 0.644. The molecule has 4 rings (SSSR count). The van der Waals surface area contributed by atoms with Crippen LogP contribution in [-0.2, 0) is 33.6 Å². The zero-order chi connectivity index (χ0) is 22.6. The summed E-state index contributed by atoms with van der Waals surface area (Å²) in [6, 6.07) is 13.1. The average Bonchev–Trinajstić information content (AvgIpc) is 3.10. The standard InChI is InChI=1S/C20H19BrN2O3.C3H7NO/c1-26-17-9-14-11-20(10-13(14)8-15(17)21)19(25)22-16(18(24)23-20)7-12-5-3-2-4-6-12;1-4(2)3-5/h2-6,8-9,16H,7,10-11H2,1H3,(H,22,25)(H,23,24);3H,1-2H3/t16-,20-;/m0./s1. The van der Waals surface area contributed by atoms with Gasteiger partial charge in [-0.05, 0) is 44.8 Å². The second-order valence-electron chi connectivity index (χ2n) is 7.97. The fourth-order valence-corrected chi connectivity index (χ4v) is 4.37. The van der Waals surface area contributed by atoms with Crippen LogP contribution < -0.4 is 15.4 Å². The Morgan fingerprint density at radius 1 is 1.16 bits per heavy atom. The van der Waals surface area contributed by atoms with Crippen molar-refractivity contribution in [1.82, 2.24) is 15.5 Å². The van der Waals surface area contributed by atoms with Crippen molar-refractivity contribution in [3.05, 3.63) is 63.6 Å². The molecule has 8 heteroatoms. The van der Waals surface area contributed by atoms with Crippen molar-refractivity contribution in [3.8, 4) is 5.75 Å². The normalized spacial score (nSPS) is 21.4. The number of ether oxygens (including phenoxy) is 1. The zero-order valence-electron chi connectivity index (χ0n) is 17.8. The van der Waals surface area contributed by atoms with E-state index < -0.39 is 11.6 Å². The first-order valence-corrected chi connectivity index (χ1v) is 10.7. The molecule has 2 atom stereocenters.